The zero-order chi connectivity index (χ0) is 21.3. The maximum Gasteiger partial charge on any atom is 0.357 e. The first-order valence-corrected chi connectivity index (χ1v) is 9.95. The van der Waals surface area contributed by atoms with Crippen molar-refractivity contribution in [3.8, 4) is 11.5 Å². The molecule has 0 spiro atoms. The van der Waals surface area contributed by atoms with Gasteiger partial charge in [0, 0.05) is 18.1 Å². The van der Waals surface area contributed by atoms with Crippen LogP contribution in [0.2, 0.25) is 5.02 Å². The van der Waals surface area contributed by atoms with Crippen molar-refractivity contribution in [2.45, 2.75) is 20.5 Å². The van der Waals surface area contributed by atoms with Crippen molar-refractivity contribution in [3.05, 3.63) is 64.4 Å². The number of H-pyrrole nitrogens is 1. The summed E-state index contributed by atoms with van der Waals surface area (Å²) in [6, 6.07) is 13.0. The highest BCUT2D eigenvalue weighted by atomic mass is 35.5. The number of aryl methyl sites for hydroxylation is 1. The summed E-state index contributed by atoms with van der Waals surface area (Å²) in [5, 5.41) is 2.16. The first-order chi connectivity index (χ1) is 14.5. The molecule has 1 N–H and O–H groups in total. The Balaban J connectivity index is 2.03. The molecule has 0 bridgehead atoms. The maximum absolute atomic E-state index is 12.6. The van der Waals surface area contributed by atoms with Crippen molar-refractivity contribution < 1.29 is 19.0 Å². The lowest BCUT2D eigenvalue weighted by Gasteiger charge is -2.13. The van der Waals surface area contributed by atoms with Crippen LogP contribution in [0.1, 0.15) is 28.7 Å². The fourth-order valence-corrected chi connectivity index (χ4v) is 3.76. The second-order valence-electron chi connectivity index (χ2n) is 6.76. The quantitative estimate of drug-likeness (QED) is 0.396. The number of rotatable bonds is 6. The maximum atomic E-state index is 12.6. The number of aromatic nitrogens is 2. The molecule has 2 heterocycles. The molecule has 0 aliphatic heterocycles. The fourth-order valence-electron chi connectivity index (χ4n) is 3.58. The molecule has 6 nitrogen and oxygen atoms in total. The molecule has 0 atom stereocenters. The van der Waals surface area contributed by atoms with Gasteiger partial charge in [0.25, 0.3) is 0 Å². The van der Waals surface area contributed by atoms with E-state index in [0.29, 0.717) is 27.8 Å². The van der Waals surface area contributed by atoms with Gasteiger partial charge >= 0.3 is 5.97 Å². The first-order valence-electron chi connectivity index (χ1n) is 9.57. The Morgan fingerprint density at radius 3 is 2.60 bits per heavy atom. The molecule has 0 saturated heterocycles. The first kappa shape index (κ1) is 20.2. The molecule has 0 saturated carbocycles. The summed E-state index contributed by atoms with van der Waals surface area (Å²) in [6.07, 6.45) is 0. The zero-order valence-corrected chi connectivity index (χ0v) is 17.7. The van der Waals surface area contributed by atoms with Crippen molar-refractivity contribution in [3.63, 3.8) is 0 Å². The van der Waals surface area contributed by atoms with Crippen LogP contribution in [0, 0.1) is 6.92 Å². The number of carbonyl (C=O) groups excluding carboxylic acids is 1. The molecule has 4 rings (SSSR count). The highest BCUT2D eigenvalue weighted by molar-refractivity contribution is 6.32. The Kier molecular flexibility index (Phi) is 5.61. The normalized spacial score (nSPS) is 11.2. The van der Waals surface area contributed by atoms with E-state index in [1.807, 2.05) is 43.3 Å². The highest BCUT2D eigenvalue weighted by Crippen LogP contribution is 2.40. The second kappa shape index (κ2) is 8.34. The Labute approximate surface area is 178 Å². The molecule has 2 aromatic carbocycles. The van der Waals surface area contributed by atoms with E-state index in [4.69, 9.17) is 25.8 Å². The monoisotopic (exact) mass is 424 g/mol. The number of pyridine rings is 1. The van der Waals surface area contributed by atoms with Crippen LogP contribution in [0.4, 0.5) is 0 Å². The van der Waals surface area contributed by atoms with Gasteiger partial charge in [-0.15, -0.1) is 0 Å². The van der Waals surface area contributed by atoms with Crippen LogP contribution in [0.15, 0.2) is 42.5 Å². The van der Waals surface area contributed by atoms with Gasteiger partial charge in [0.1, 0.15) is 11.5 Å². The number of benzene rings is 2. The molecule has 0 aliphatic carbocycles. The minimum absolute atomic E-state index is 0.200. The van der Waals surface area contributed by atoms with Gasteiger partial charge in [0.15, 0.2) is 5.69 Å². The summed E-state index contributed by atoms with van der Waals surface area (Å²) in [5.41, 5.74) is 3.26. The third kappa shape index (κ3) is 3.49. The number of para-hydroxylation sites is 1. The number of hydrogen-bond donors (Lipinski definition) is 1. The van der Waals surface area contributed by atoms with Crippen molar-refractivity contribution in [2.75, 3.05) is 13.7 Å². The molecule has 0 amide bonds. The molecule has 2 aromatic heterocycles. The number of carbonyl (C=O) groups is 1. The minimum Gasteiger partial charge on any atom is -0.461 e. The summed E-state index contributed by atoms with van der Waals surface area (Å²) in [7, 11) is 1.58. The fraction of sp³-hybridized carbons (Fsp3) is 0.217. The molecular weight excluding hydrogens is 404 g/mol. The van der Waals surface area contributed by atoms with Gasteiger partial charge < -0.3 is 19.2 Å². The number of methoxy groups -OCH3 is 1. The largest absolute Gasteiger partial charge is 0.461 e. The van der Waals surface area contributed by atoms with Crippen molar-refractivity contribution in [1.29, 1.82) is 0 Å². The number of hydrogen-bond acceptors (Lipinski definition) is 5. The lowest BCUT2D eigenvalue weighted by Crippen LogP contribution is -2.12. The van der Waals surface area contributed by atoms with E-state index in [1.165, 1.54) is 0 Å². The highest BCUT2D eigenvalue weighted by Gasteiger charge is 2.24. The average molecular weight is 425 g/mol. The predicted molar refractivity (Wildman–Crippen MR) is 117 cm³/mol. The molecule has 0 radical (unpaired) electrons. The van der Waals surface area contributed by atoms with Crippen molar-refractivity contribution >= 4 is 39.4 Å². The van der Waals surface area contributed by atoms with E-state index < -0.39 is 5.97 Å². The number of nitrogens with one attached hydrogen (secondary N) is 1. The third-order valence-electron chi connectivity index (χ3n) is 4.83. The van der Waals surface area contributed by atoms with Crippen LogP contribution in [0.5, 0.6) is 11.5 Å². The SMILES string of the molecule is CCOC(=O)c1nc(C)c2[nH]c3cccc(Oc4ccccc4Cl)c3c2c1COC. The number of esters is 1. The number of aromatic amines is 1. The molecule has 30 heavy (non-hydrogen) atoms. The lowest BCUT2D eigenvalue weighted by molar-refractivity contribution is 0.0514. The van der Waals surface area contributed by atoms with E-state index >= 15 is 0 Å². The summed E-state index contributed by atoms with van der Waals surface area (Å²) >= 11 is 6.30. The van der Waals surface area contributed by atoms with Gasteiger partial charge in [0.05, 0.1) is 40.3 Å². The van der Waals surface area contributed by atoms with Crippen molar-refractivity contribution in [2.24, 2.45) is 0 Å². The molecule has 0 aliphatic rings. The molecule has 0 unspecified atom stereocenters. The van der Waals surface area contributed by atoms with Crippen LogP contribution in [-0.2, 0) is 16.1 Å². The summed E-state index contributed by atoms with van der Waals surface area (Å²) < 4.78 is 16.8. The van der Waals surface area contributed by atoms with Crippen molar-refractivity contribution in [1.82, 2.24) is 9.97 Å². The van der Waals surface area contributed by atoms with Gasteiger partial charge in [-0.05, 0) is 38.1 Å². The predicted octanol–water partition coefficient (Wildman–Crippen LogP) is 5.79. The van der Waals surface area contributed by atoms with Gasteiger partial charge in [-0.25, -0.2) is 9.78 Å². The van der Waals surface area contributed by atoms with Crippen LogP contribution in [0.25, 0.3) is 21.8 Å². The van der Waals surface area contributed by atoms with Gasteiger partial charge in [-0.2, -0.15) is 0 Å². The molecular formula is C23H21ClN2O4. The van der Waals surface area contributed by atoms with E-state index in [0.717, 1.165) is 21.8 Å². The number of ether oxygens (including phenoxy) is 3. The summed E-state index contributed by atoms with van der Waals surface area (Å²) in [5.74, 6) is 0.684. The van der Waals surface area contributed by atoms with E-state index in [2.05, 4.69) is 9.97 Å². The summed E-state index contributed by atoms with van der Waals surface area (Å²) in [4.78, 5) is 20.5. The van der Waals surface area contributed by atoms with Gasteiger partial charge in [-0.3, -0.25) is 0 Å². The molecule has 0 fully saturated rings. The van der Waals surface area contributed by atoms with Gasteiger partial charge in [-0.1, -0.05) is 29.8 Å². The number of fused-ring (bicyclic) bond motifs is 3. The molecule has 154 valence electrons. The van der Waals surface area contributed by atoms with Gasteiger partial charge in [0.2, 0.25) is 0 Å². The average Bonchev–Trinajstić information content (AvgIpc) is 3.13. The van der Waals surface area contributed by atoms with Crippen LogP contribution in [0.3, 0.4) is 0 Å². The van der Waals surface area contributed by atoms with Crippen LogP contribution < -0.4 is 4.74 Å². The minimum atomic E-state index is -0.478. The number of halogens is 1. The third-order valence-corrected chi connectivity index (χ3v) is 5.14. The Morgan fingerprint density at radius 1 is 1.10 bits per heavy atom. The Hall–Kier alpha value is -3.09. The zero-order valence-electron chi connectivity index (χ0n) is 16.9. The standard InChI is InChI=1S/C23H21ClN2O4/c1-4-29-23(27)22-14(12-28-3)19-20-16(26-21(19)13(2)25-22)9-7-11-18(20)30-17-10-6-5-8-15(17)24/h5-11,26H,4,12H2,1-3H3. The van der Waals surface area contributed by atoms with Crippen LogP contribution in [-0.4, -0.2) is 29.7 Å². The second-order valence-corrected chi connectivity index (χ2v) is 7.17. The topological polar surface area (TPSA) is 73.4 Å². The van der Waals surface area contributed by atoms with E-state index in [1.54, 1.807) is 20.1 Å². The molecule has 4 aromatic rings. The van der Waals surface area contributed by atoms with Crippen LogP contribution >= 0.6 is 11.6 Å². The Morgan fingerprint density at radius 2 is 1.87 bits per heavy atom. The van der Waals surface area contributed by atoms with E-state index in [-0.39, 0.29) is 18.9 Å². The summed E-state index contributed by atoms with van der Waals surface area (Å²) in [6.45, 7) is 4.08. The Bertz CT molecular complexity index is 1250. The smallest absolute Gasteiger partial charge is 0.357 e. The molecule has 7 heteroatoms. The lowest BCUT2D eigenvalue weighted by atomic mass is 10.0. The number of nitrogens with zero attached hydrogens (tertiary/aromatic N) is 1. The van der Waals surface area contributed by atoms with E-state index in [9.17, 15) is 4.79 Å².